The highest BCUT2D eigenvalue weighted by atomic mass is 16.5. The Morgan fingerprint density at radius 1 is 0.739 bits per heavy atom. The Hall–Kier alpha value is -3.27. The number of rotatable bonds is 3. The van der Waals surface area contributed by atoms with Gasteiger partial charge in [0.15, 0.2) is 0 Å². The maximum absolute atomic E-state index is 12.1. The highest BCUT2D eigenvalue weighted by molar-refractivity contribution is 5.91. The second kappa shape index (κ2) is 6.23. The number of anilines is 2. The van der Waals surface area contributed by atoms with Gasteiger partial charge < -0.3 is 16.2 Å². The number of carbonyl (C=O) groups excluding carboxylic acids is 1. The molecule has 3 rings (SSSR count). The lowest BCUT2D eigenvalue weighted by Gasteiger charge is -2.07. The molecule has 0 spiro atoms. The first-order valence-corrected chi connectivity index (χ1v) is 7.15. The van der Waals surface area contributed by atoms with E-state index in [4.69, 9.17) is 16.2 Å². The van der Waals surface area contributed by atoms with E-state index in [1.807, 2.05) is 42.5 Å². The van der Waals surface area contributed by atoms with E-state index in [1.165, 1.54) is 0 Å². The molecule has 0 aliphatic carbocycles. The van der Waals surface area contributed by atoms with Gasteiger partial charge in [-0.15, -0.1) is 0 Å². The number of benzene rings is 3. The molecule has 0 aromatic heterocycles. The van der Waals surface area contributed by atoms with Gasteiger partial charge in [0, 0.05) is 11.4 Å². The molecule has 0 saturated heterocycles. The Morgan fingerprint density at radius 3 is 1.96 bits per heavy atom. The van der Waals surface area contributed by atoms with Crippen LogP contribution in [0.15, 0.2) is 72.8 Å². The van der Waals surface area contributed by atoms with Gasteiger partial charge in [-0.25, -0.2) is 4.79 Å². The van der Waals surface area contributed by atoms with E-state index < -0.39 is 5.97 Å². The summed E-state index contributed by atoms with van der Waals surface area (Å²) in [6, 6.07) is 21.5. The fourth-order valence-corrected chi connectivity index (χ4v) is 2.30. The molecule has 114 valence electrons. The van der Waals surface area contributed by atoms with Crippen LogP contribution in [0.1, 0.15) is 10.4 Å². The van der Waals surface area contributed by atoms with Gasteiger partial charge in [0.2, 0.25) is 0 Å². The van der Waals surface area contributed by atoms with Crippen LogP contribution in [0, 0.1) is 0 Å². The zero-order valence-electron chi connectivity index (χ0n) is 12.4. The van der Waals surface area contributed by atoms with Gasteiger partial charge in [-0.1, -0.05) is 30.3 Å². The summed E-state index contributed by atoms with van der Waals surface area (Å²) < 4.78 is 5.31. The van der Waals surface area contributed by atoms with Crippen LogP contribution in [0.3, 0.4) is 0 Å². The van der Waals surface area contributed by atoms with Crippen LogP contribution in [-0.4, -0.2) is 5.97 Å². The van der Waals surface area contributed by atoms with Crippen LogP contribution >= 0.6 is 0 Å². The van der Waals surface area contributed by atoms with Gasteiger partial charge in [-0.3, -0.25) is 0 Å². The maximum Gasteiger partial charge on any atom is 0.343 e. The average molecular weight is 304 g/mol. The van der Waals surface area contributed by atoms with Crippen molar-refractivity contribution in [3.8, 4) is 16.9 Å². The molecule has 0 fully saturated rings. The number of nitrogens with two attached hydrogens (primary N) is 2. The summed E-state index contributed by atoms with van der Waals surface area (Å²) in [4.78, 5) is 12.1. The van der Waals surface area contributed by atoms with Crippen molar-refractivity contribution >= 4 is 17.3 Å². The fraction of sp³-hybridized carbons (Fsp3) is 0. The average Bonchev–Trinajstić information content (AvgIpc) is 2.55. The third kappa shape index (κ3) is 3.49. The molecule has 0 amide bonds. The number of para-hydroxylation sites is 1. The van der Waals surface area contributed by atoms with Crippen molar-refractivity contribution in [2.24, 2.45) is 0 Å². The summed E-state index contributed by atoms with van der Waals surface area (Å²) in [6.07, 6.45) is 0. The Labute approximate surface area is 134 Å². The molecule has 0 saturated carbocycles. The molecule has 0 unspecified atom stereocenters. The molecule has 4 N–H and O–H groups in total. The summed E-state index contributed by atoms with van der Waals surface area (Å²) in [5.74, 6) is 0.125. The lowest BCUT2D eigenvalue weighted by atomic mass is 10.0. The summed E-state index contributed by atoms with van der Waals surface area (Å²) in [5, 5.41) is 0. The summed E-state index contributed by atoms with van der Waals surface area (Å²) in [6.45, 7) is 0. The van der Waals surface area contributed by atoms with Crippen molar-refractivity contribution in [2.75, 3.05) is 11.5 Å². The first-order chi connectivity index (χ1) is 11.1. The van der Waals surface area contributed by atoms with Crippen molar-refractivity contribution in [1.29, 1.82) is 0 Å². The molecule has 0 atom stereocenters. The van der Waals surface area contributed by atoms with Crippen LogP contribution in [0.2, 0.25) is 0 Å². The predicted molar refractivity (Wildman–Crippen MR) is 92.1 cm³/mol. The van der Waals surface area contributed by atoms with Crippen LogP contribution in [0.25, 0.3) is 11.1 Å². The molecular formula is C19H16N2O2. The first kappa shape index (κ1) is 14.7. The highest BCUT2D eigenvalue weighted by Crippen LogP contribution is 2.25. The van der Waals surface area contributed by atoms with Gasteiger partial charge >= 0.3 is 5.97 Å². The van der Waals surface area contributed by atoms with Gasteiger partial charge in [-0.05, 0) is 53.6 Å². The molecule has 3 aromatic carbocycles. The summed E-state index contributed by atoms with van der Waals surface area (Å²) in [5.41, 5.74) is 15.1. The number of hydrogen-bond donors (Lipinski definition) is 2. The van der Waals surface area contributed by atoms with Crippen LogP contribution in [0.5, 0.6) is 5.75 Å². The van der Waals surface area contributed by atoms with E-state index in [9.17, 15) is 4.79 Å². The van der Waals surface area contributed by atoms with E-state index >= 15 is 0 Å². The van der Waals surface area contributed by atoms with Crippen molar-refractivity contribution < 1.29 is 9.53 Å². The molecule has 3 aromatic rings. The highest BCUT2D eigenvalue weighted by Gasteiger charge is 2.09. The van der Waals surface area contributed by atoms with Gasteiger partial charge in [0.1, 0.15) is 5.75 Å². The quantitative estimate of drug-likeness (QED) is 0.439. The number of carbonyl (C=O) groups is 1. The molecule has 4 nitrogen and oxygen atoms in total. The Bertz CT molecular complexity index is 807. The van der Waals surface area contributed by atoms with Gasteiger partial charge in [0.25, 0.3) is 0 Å². The van der Waals surface area contributed by atoms with E-state index in [2.05, 4.69) is 0 Å². The molecule has 0 heterocycles. The Balaban J connectivity index is 1.80. The van der Waals surface area contributed by atoms with Crippen LogP contribution < -0.4 is 16.2 Å². The summed E-state index contributed by atoms with van der Waals surface area (Å²) in [7, 11) is 0. The third-order valence-corrected chi connectivity index (χ3v) is 3.39. The molecule has 0 aliphatic rings. The molecule has 4 heteroatoms. The van der Waals surface area contributed by atoms with Crippen molar-refractivity contribution in [3.63, 3.8) is 0 Å². The van der Waals surface area contributed by atoms with E-state index in [0.29, 0.717) is 22.7 Å². The lowest BCUT2D eigenvalue weighted by molar-refractivity contribution is 0.0735. The summed E-state index contributed by atoms with van der Waals surface area (Å²) >= 11 is 0. The lowest BCUT2D eigenvalue weighted by Crippen LogP contribution is -2.08. The minimum atomic E-state index is -0.394. The minimum absolute atomic E-state index is 0.394. The van der Waals surface area contributed by atoms with E-state index in [-0.39, 0.29) is 0 Å². The number of nitrogen functional groups attached to an aromatic ring is 2. The topological polar surface area (TPSA) is 78.3 Å². The van der Waals surface area contributed by atoms with Gasteiger partial charge in [0.05, 0.1) is 5.56 Å². The van der Waals surface area contributed by atoms with Crippen molar-refractivity contribution in [2.45, 2.75) is 0 Å². The zero-order chi connectivity index (χ0) is 16.2. The molecule has 0 bridgehead atoms. The smallest absolute Gasteiger partial charge is 0.343 e. The molecule has 0 radical (unpaired) electrons. The maximum atomic E-state index is 12.1. The standard InChI is InChI=1S/C19H16N2O2/c20-16-10-15(11-17(21)12-16)13-6-8-14(9-7-13)19(22)23-18-4-2-1-3-5-18/h1-12H,20-21H2. The Kier molecular flexibility index (Phi) is 3.97. The third-order valence-electron chi connectivity index (χ3n) is 3.39. The van der Waals surface area contributed by atoms with E-state index in [1.54, 1.807) is 30.3 Å². The number of hydrogen-bond acceptors (Lipinski definition) is 4. The molecular weight excluding hydrogens is 288 g/mol. The SMILES string of the molecule is Nc1cc(N)cc(-c2ccc(C(=O)Oc3ccccc3)cc2)c1. The predicted octanol–water partition coefficient (Wildman–Crippen LogP) is 3.74. The molecule has 0 aliphatic heterocycles. The number of esters is 1. The second-order valence-electron chi connectivity index (χ2n) is 5.17. The normalized spacial score (nSPS) is 10.3. The van der Waals surface area contributed by atoms with Crippen LogP contribution in [-0.2, 0) is 0 Å². The largest absolute Gasteiger partial charge is 0.423 e. The van der Waals surface area contributed by atoms with Crippen LogP contribution in [0.4, 0.5) is 11.4 Å². The van der Waals surface area contributed by atoms with E-state index in [0.717, 1.165) is 11.1 Å². The monoisotopic (exact) mass is 304 g/mol. The number of ether oxygens (including phenoxy) is 1. The Morgan fingerprint density at radius 2 is 1.35 bits per heavy atom. The zero-order valence-corrected chi connectivity index (χ0v) is 12.4. The molecule has 23 heavy (non-hydrogen) atoms. The fourth-order valence-electron chi connectivity index (χ4n) is 2.30. The van der Waals surface area contributed by atoms with Gasteiger partial charge in [-0.2, -0.15) is 0 Å². The van der Waals surface area contributed by atoms with Crippen molar-refractivity contribution in [3.05, 3.63) is 78.4 Å². The first-order valence-electron chi connectivity index (χ1n) is 7.15. The van der Waals surface area contributed by atoms with Crippen molar-refractivity contribution in [1.82, 2.24) is 0 Å². The second-order valence-corrected chi connectivity index (χ2v) is 5.17. The minimum Gasteiger partial charge on any atom is -0.423 e.